The molecule has 0 saturated carbocycles. The highest BCUT2D eigenvalue weighted by molar-refractivity contribution is 7.94. The fourth-order valence-corrected chi connectivity index (χ4v) is 7.19. The van der Waals surface area contributed by atoms with Crippen molar-refractivity contribution in [2.24, 2.45) is 5.92 Å². The summed E-state index contributed by atoms with van der Waals surface area (Å²) in [6.45, 7) is 6.87. The first-order valence-corrected chi connectivity index (χ1v) is 10.8. The molecule has 0 bridgehead atoms. The molecule has 26 heavy (non-hydrogen) atoms. The summed E-state index contributed by atoms with van der Waals surface area (Å²) in [7, 11) is -1.91. The number of rotatable bonds is 6. The minimum absolute atomic E-state index is 0. The van der Waals surface area contributed by atoms with Crippen molar-refractivity contribution in [2.75, 3.05) is 0 Å². The number of benzene rings is 3. The van der Waals surface area contributed by atoms with Crippen molar-refractivity contribution in [1.29, 1.82) is 0 Å². The van der Waals surface area contributed by atoms with Crippen molar-refractivity contribution in [3.63, 3.8) is 0 Å². The first-order valence-electron chi connectivity index (χ1n) is 8.98. The van der Waals surface area contributed by atoms with Gasteiger partial charge >= 0.3 is 0 Å². The Bertz CT molecular complexity index is 678. The highest BCUT2D eigenvalue weighted by atomic mass is 79.9. The van der Waals surface area contributed by atoms with Crippen LogP contribution in [0.2, 0.25) is 0 Å². The van der Waals surface area contributed by atoms with E-state index in [9.17, 15) is 0 Å². The molecule has 136 valence electrons. The summed E-state index contributed by atoms with van der Waals surface area (Å²) in [4.78, 5) is 0. The van der Waals surface area contributed by atoms with Gasteiger partial charge in [-0.05, 0) is 49.2 Å². The normalized spacial score (nSPS) is 12.5. The Morgan fingerprint density at radius 2 is 0.885 bits per heavy atom. The standard InChI is InChI=1S/C23H27NP.BrH/c1-19(2)20(3)24-25(21-13-7-4-8-14-21,22-15-9-5-10-16-22)23-17-11-6-12-18-23;/h4-20,24H,1-3H3;1H/q+1;/p-1/t20-;/m1./s1. The molecule has 0 radical (unpaired) electrons. The number of nitrogens with one attached hydrogen (secondary N) is 1. The lowest BCUT2D eigenvalue weighted by Gasteiger charge is -2.31. The number of hydrogen-bond donors (Lipinski definition) is 1. The van der Waals surface area contributed by atoms with Gasteiger partial charge in [0.15, 0.2) is 7.41 Å². The Balaban J connectivity index is 0.00000243. The zero-order chi connectivity index (χ0) is 17.7. The molecule has 0 amide bonds. The van der Waals surface area contributed by atoms with Gasteiger partial charge in [-0.3, -0.25) is 0 Å². The van der Waals surface area contributed by atoms with Gasteiger partial charge in [0, 0.05) is 6.04 Å². The lowest BCUT2D eigenvalue weighted by atomic mass is 10.1. The minimum atomic E-state index is -1.91. The quantitative estimate of drug-likeness (QED) is 0.588. The maximum Gasteiger partial charge on any atom is 0.178 e. The maximum atomic E-state index is 4.09. The predicted molar refractivity (Wildman–Crippen MR) is 113 cm³/mol. The van der Waals surface area contributed by atoms with Crippen molar-refractivity contribution in [2.45, 2.75) is 26.8 Å². The maximum absolute atomic E-state index is 4.09. The van der Waals surface area contributed by atoms with Gasteiger partial charge in [0.2, 0.25) is 0 Å². The van der Waals surface area contributed by atoms with Gasteiger partial charge in [-0.15, -0.1) is 0 Å². The van der Waals surface area contributed by atoms with E-state index in [2.05, 4.69) is 117 Å². The molecule has 0 saturated heterocycles. The molecule has 3 heteroatoms. The van der Waals surface area contributed by atoms with Crippen LogP contribution < -0.4 is 38.0 Å². The molecule has 0 heterocycles. The lowest BCUT2D eigenvalue weighted by molar-refractivity contribution is -0.00000520. The van der Waals surface area contributed by atoms with Gasteiger partial charge < -0.3 is 17.0 Å². The Labute approximate surface area is 169 Å². The second-order valence-electron chi connectivity index (χ2n) is 6.84. The van der Waals surface area contributed by atoms with E-state index in [4.69, 9.17) is 0 Å². The Morgan fingerprint density at radius 1 is 0.577 bits per heavy atom. The lowest BCUT2D eigenvalue weighted by Crippen LogP contribution is -3.00. The topological polar surface area (TPSA) is 12.0 Å². The van der Waals surface area contributed by atoms with E-state index in [0.717, 1.165) is 0 Å². The van der Waals surface area contributed by atoms with Crippen LogP contribution in [0.3, 0.4) is 0 Å². The van der Waals surface area contributed by atoms with Crippen LogP contribution >= 0.6 is 7.41 Å². The van der Waals surface area contributed by atoms with Gasteiger partial charge in [0.25, 0.3) is 0 Å². The molecular weight excluding hydrogens is 401 g/mol. The molecule has 0 spiro atoms. The van der Waals surface area contributed by atoms with Gasteiger partial charge in [-0.1, -0.05) is 68.4 Å². The zero-order valence-corrected chi connectivity index (χ0v) is 18.1. The van der Waals surface area contributed by atoms with Crippen molar-refractivity contribution in [1.82, 2.24) is 5.09 Å². The van der Waals surface area contributed by atoms with Crippen LogP contribution in [0.15, 0.2) is 91.0 Å². The van der Waals surface area contributed by atoms with Crippen molar-refractivity contribution in [3.05, 3.63) is 91.0 Å². The fourth-order valence-electron chi connectivity index (χ4n) is 3.08. The molecular formula is C23H27BrNP. The minimum Gasteiger partial charge on any atom is -1.00 e. The van der Waals surface area contributed by atoms with Crippen LogP contribution in [0, 0.1) is 5.92 Å². The molecule has 0 aliphatic carbocycles. The largest absolute Gasteiger partial charge is 1.00 e. The third-order valence-corrected chi connectivity index (χ3v) is 8.84. The first-order chi connectivity index (χ1) is 12.1. The van der Waals surface area contributed by atoms with Crippen LogP contribution in [-0.4, -0.2) is 6.04 Å². The monoisotopic (exact) mass is 427 g/mol. The van der Waals surface area contributed by atoms with Crippen molar-refractivity contribution >= 4 is 23.3 Å². The van der Waals surface area contributed by atoms with E-state index in [1.165, 1.54) is 15.9 Å². The molecule has 0 aliphatic rings. The third kappa shape index (κ3) is 4.26. The summed E-state index contributed by atoms with van der Waals surface area (Å²) in [5, 5.41) is 8.21. The molecule has 0 aliphatic heterocycles. The summed E-state index contributed by atoms with van der Waals surface area (Å²) in [5.74, 6) is 0.565. The van der Waals surface area contributed by atoms with E-state index < -0.39 is 7.41 Å². The highest BCUT2D eigenvalue weighted by Gasteiger charge is 2.46. The Morgan fingerprint density at radius 3 is 1.15 bits per heavy atom. The van der Waals surface area contributed by atoms with Gasteiger partial charge in [-0.2, -0.15) is 5.09 Å². The van der Waals surface area contributed by atoms with E-state index in [0.29, 0.717) is 12.0 Å². The summed E-state index contributed by atoms with van der Waals surface area (Å²) in [6.07, 6.45) is 0. The predicted octanol–water partition coefficient (Wildman–Crippen LogP) is 1.53. The summed E-state index contributed by atoms with van der Waals surface area (Å²) < 4.78 is 0. The smallest absolute Gasteiger partial charge is 0.178 e. The molecule has 1 N–H and O–H groups in total. The Kier molecular flexibility index (Phi) is 7.58. The van der Waals surface area contributed by atoms with Gasteiger partial charge in [0.1, 0.15) is 15.9 Å². The van der Waals surface area contributed by atoms with Crippen LogP contribution in [-0.2, 0) is 0 Å². The highest BCUT2D eigenvalue weighted by Crippen LogP contribution is 2.51. The second kappa shape index (κ2) is 9.46. The van der Waals surface area contributed by atoms with Gasteiger partial charge in [-0.25, -0.2) is 0 Å². The third-order valence-electron chi connectivity index (χ3n) is 4.83. The first kappa shape index (κ1) is 20.8. The summed E-state index contributed by atoms with van der Waals surface area (Å²) >= 11 is 0. The zero-order valence-electron chi connectivity index (χ0n) is 15.6. The molecule has 3 rings (SSSR count). The van der Waals surface area contributed by atoms with E-state index >= 15 is 0 Å². The average Bonchev–Trinajstić information content (AvgIpc) is 2.68. The number of halogens is 1. The fraction of sp³-hybridized carbons (Fsp3) is 0.217. The van der Waals surface area contributed by atoms with Crippen LogP contribution in [0.5, 0.6) is 0 Å². The van der Waals surface area contributed by atoms with Crippen molar-refractivity contribution in [3.8, 4) is 0 Å². The van der Waals surface area contributed by atoms with Gasteiger partial charge in [0.05, 0.1) is 0 Å². The SMILES string of the molecule is CC(C)[C@@H](C)N[P+](c1ccccc1)(c1ccccc1)c1ccccc1.[Br-]. The molecule has 3 aromatic rings. The molecule has 0 fully saturated rings. The number of hydrogen-bond acceptors (Lipinski definition) is 1. The van der Waals surface area contributed by atoms with Crippen LogP contribution in [0.25, 0.3) is 0 Å². The van der Waals surface area contributed by atoms with Crippen molar-refractivity contribution < 1.29 is 17.0 Å². The Hall–Kier alpha value is -1.47. The van der Waals surface area contributed by atoms with Crippen LogP contribution in [0.1, 0.15) is 20.8 Å². The molecule has 1 nitrogen and oxygen atoms in total. The van der Waals surface area contributed by atoms with Crippen LogP contribution in [0.4, 0.5) is 0 Å². The summed E-state index contributed by atoms with van der Waals surface area (Å²) in [5.41, 5.74) is 0. The van der Waals surface area contributed by atoms with E-state index in [1.54, 1.807) is 0 Å². The molecule has 3 aromatic carbocycles. The van der Waals surface area contributed by atoms with E-state index in [-0.39, 0.29) is 17.0 Å². The average molecular weight is 428 g/mol. The molecule has 1 atom stereocenters. The second-order valence-corrected chi connectivity index (χ2v) is 9.99. The molecule has 0 aromatic heterocycles. The summed E-state index contributed by atoms with van der Waals surface area (Å²) in [6, 6.07) is 33.2. The van der Waals surface area contributed by atoms with E-state index in [1.807, 2.05) is 0 Å². The molecule has 0 unspecified atom stereocenters.